The third-order valence-corrected chi connectivity index (χ3v) is 3.67. The molecule has 0 radical (unpaired) electrons. The van der Waals surface area contributed by atoms with Gasteiger partial charge in [-0.2, -0.15) is 0 Å². The number of hydrogen-bond acceptors (Lipinski definition) is 3. The summed E-state index contributed by atoms with van der Waals surface area (Å²) >= 11 is 0. The summed E-state index contributed by atoms with van der Waals surface area (Å²) < 4.78 is 0. The number of nitrogens with one attached hydrogen (secondary N) is 1. The quantitative estimate of drug-likeness (QED) is 0.451. The molecular formula is C17H35N3. The highest BCUT2D eigenvalue weighted by atomic mass is 14.9. The van der Waals surface area contributed by atoms with Gasteiger partial charge in [0.1, 0.15) is 0 Å². The van der Waals surface area contributed by atoms with E-state index in [0.717, 1.165) is 32.6 Å². The molecule has 0 aromatic rings. The zero-order chi connectivity index (χ0) is 15.4. The van der Waals surface area contributed by atoms with Crippen LogP contribution in [0.3, 0.4) is 0 Å². The molecule has 0 aromatic carbocycles. The molecule has 0 saturated carbocycles. The van der Waals surface area contributed by atoms with Crippen LogP contribution in [0, 0.1) is 11.8 Å². The summed E-state index contributed by atoms with van der Waals surface area (Å²) in [7, 11) is 0. The molecule has 0 amide bonds. The maximum Gasteiger partial charge on any atom is 0.0400 e. The smallest absolute Gasteiger partial charge is 0.0400 e. The Labute approximate surface area is 126 Å². The minimum Gasteiger partial charge on any atom is -0.317 e. The fourth-order valence-electron chi connectivity index (χ4n) is 1.57. The molecule has 0 aliphatic rings. The first-order chi connectivity index (χ1) is 9.45. The summed E-state index contributed by atoms with van der Waals surface area (Å²) in [4.78, 5) is 9.14. The van der Waals surface area contributed by atoms with Gasteiger partial charge >= 0.3 is 0 Å². The maximum atomic E-state index is 4.58. The first-order valence-electron chi connectivity index (χ1n) is 8.17. The van der Waals surface area contributed by atoms with Gasteiger partial charge in [-0.1, -0.05) is 27.7 Å². The highest BCUT2D eigenvalue weighted by Gasteiger charge is 1.97. The molecule has 0 unspecified atom stereocenters. The van der Waals surface area contributed by atoms with Crippen molar-refractivity contribution in [3.63, 3.8) is 0 Å². The van der Waals surface area contributed by atoms with Crippen LogP contribution >= 0.6 is 0 Å². The fourth-order valence-corrected chi connectivity index (χ4v) is 1.57. The SMILES string of the molecule is CC(=NCCCCNCCCN=C(C)C(C)C)C(C)C. The van der Waals surface area contributed by atoms with Gasteiger partial charge in [-0.25, -0.2) is 0 Å². The average molecular weight is 281 g/mol. The Kier molecular flexibility index (Phi) is 11.6. The van der Waals surface area contributed by atoms with Crippen LogP contribution in [0.25, 0.3) is 0 Å². The Hall–Kier alpha value is -0.700. The predicted molar refractivity (Wildman–Crippen MR) is 92.3 cm³/mol. The molecule has 0 aliphatic heterocycles. The zero-order valence-corrected chi connectivity index (χ0v) is 14.5. The lowest BCUT2D eigenvalue weighted by Crippen LogP contribution is -2.18. The van der Waals surface area contributed by atoms with Crippen molar-refractivity contribution in [1.29, 1.82) is 0 Å². The Morgan fingerprint density at radius 2 is 1.20 bits per heavy atom. The molecule has 0 atom stereocenters. The lowest BCUT2D eigenvalue weighted by molar-refractivity contribution is 0.610. The number of rotatable bonds is 11. The third-order valence-electron chi connectivity index (χ3n) is 3.67. The Balaban J connectivity index is 3.38. The molecule has 0 saturated heterocycles. The van der Waals surface area contributed by atoms with Crippen molar-refractivity contribution < 1.29 is 0 Å². The Morgan fingerprint density at radius 1 is 0.750 bits per heavy atom. The van der Waals surface area contributed by atoms with Crippen LogP contribution in [0.4, 0.5) is 0 Å². The summed E-state index contributed by atoms with van der Waals surface area (Å²) in [5.41, 5.74) is 2.54. The van der Waals surface area contributed by atoms with E-state index in [1.807, 2.05) is 0 Å². The lowest BCUT2D eigenvalue weighted by Gasteiger charge is -2.06. The van der Waals surface area contributed by atoms with E-state index < -0.39 is 0 Å². The standard InChI is InChI=1S/C17H35N3/c1-14(2)16(5)19-12-8-7-10-18-11-9-13-20-17(6)15(3)4/h14-15,18H,7-13H2,1-6H3. The van der Waals surface area contributed by atoms with Gasteiger partial charge in [-0.05, 0) is 58.0 Å². The van der Waals surface area contributed by atoms with E-state index in [9.17, 15) is 0 Å². The third kappa shape index (κ3) is 11.2. The van der Waals surface area contributed by atoms with E-state index in [1.165, 1.54) is 24.3 Å². The molecule has 118 valence electrons. The second-order valence-corrected chi connectivity index (χ2v) is 6.17. The van der Waals surface area contributed by atoms with Crippen LogP contribution in [-0.2, 0) is 0 Å². The molecule has 0 fully saturated rings. The number of hydrogen-bond donors (Lipinski definition) is 1. The summed E-state index contributed by atoms with van der Waals surface area (Å²) in [6, 6.07) is 0. The molecule has 1 N–H and O–H groups in total. The summed E-state index contributed by atoms with van der Waals surface area (Å²) in [5.74, 6) is 1.17. The van der Waals surface area contributed by atoms with Crippen LogP contribution in [0.1, 0.15) is 60.8 Å². The van der Waals surface area contributed by atoms with Crippen LogP contribution in [-0.4, -0.2) is 37.6 Å². The first-order valence-corrected chi connectivity index (χ1v) is 8.17. The van der Waals surface area contributed by atoms with Crippen LogP contribution in [0.15, 0.2) is 9.98 Å². The summed E-state index contributed by atoms with van der Waals surface area (Å²) in [5, 5.41) is 3.48. The van der Waals surface area contributed by atoms with Crippen molar-refractivity contribution in [3.8, 4) is 0 Å². The second kappa shape index (κ2) is 12.1. The van der Waals surface area contributed by atoms with Crippen LogP contribution in [0.2, 0.25) is 0 Å². The zero-order valence-electron chi connectivity index (χ0n) is 14.5. The van der Waals surface area contributed by atoms with Gasteiger partial charge in [0.2, 0.25) is 0 Å². The van der Waals surface area contributed by atoms with E-state index in [4.69, 9.17) is 0 Å². The predicted octanol–water partition coefficient (Wildman–Crippen LogP) is 3.98. The molecule has 0 aromatic heterocycles. The van der Waals surface area contributed by atoms with E-state index >= 15 is 0 Å². The second-order valence-electron chi connectivity index (χ2n) is 6.17. The highest BCUT2D eigenvalue weighted by molar-refractivity contribution is 5.84. The maximum absolute atomic E-state index is 4.58. The van der Waals surface area contributed by atoms with E-state index in [2.05, 4.69) is 56.8 Å². The molecule has 0 heterocycles. The van der Waals surface area contributed by atoms with E-state index in [0.29, 0.717) is 11.8 Å². The molecule has 0 aliphatic carbocycles. The minimum absolute atomic E-state index is 0.581. The summed E-state index contributed by atoms with van der Waals surface area (Å²) in [6.07, 6.45) is 3.53. The number of aliphatic imine (C=N–C) groups is 2. The van der Waals surface area contributed by atoms with E-state index in [1.54, 1.807) is 0 Å². The Bertz CT molecular complexity index is 261. The van der Waals surface area contributed by atoms with Crippen molar-refractivity contribution in [2.24, 2.45) is 21.8 Å². The van der Waals surface area contributed by atoms with Crippen molar-refractivity contribution >= 4 is 11.4 Å². The summed E-state index contributed by atoms with van der Waals surface area (Å²) in [6.45, 7) is 17.1. The monoisotopic (exact) mass is 281 g/mol. The van der Waals surface area contributed by atoms with Gasteiger partial charge in [-0.15, -0.1) is 0 Å². The van der Waals surface area contributed by atoms with Gasteiger partial charge in [0.05, 0.1) is 0 Å². The average Bonchev–Trinajstić information content (AvgIpc) is 2.39. The first kappa shape index (κ1) is 19.3. The number of unbranched alkanes of at least 4 members (excludes halogenated alkanes) is 1. The van der Waals surface area contributed by atoms with Gasteiger partial charge in [0, 0.05) is 24.5 Å². The van der Waals surface area contributed by atoms with Gasteiger partial charge in [0.25, 0.3) is 0 Å². The number of nitrogens with zero attached hydrogens (tertiary/aromatic N) is 2. The van der Waals surface area contributed by atoms with Crippen LogP contribution in [0.5, 0.6) is 0 Å². The van der Waals surface area contributed by atoms with Crippen molar-refractivity contribution in [2.75, 3.05) is 26.2 Å². The lowest BCUT2D eigenvalue weighted by atomic mass is 10.1. The fraction of sp³-hybridized carbons (Fsp3) is 0.882. The molecule has 0 bridgehead atoms. The van der Waals surface area contributed by atoms with Crippen molar-refractivity contribution in [2.45, 2.75) is 60.8 Å². The van der Waals surface area contributed by atoms with Gasteiger partial charge in [-0.3, -0.25) is 9.98 Å². The molecular weight excluding hydrogens is 246 g/mol. The van der Waals surface area contributed by atoms with Gasteiger partial charge in [0.15, 0.2) is 0 Å². The molecule has 0 spiro atoms. The van der Waals surface area contributed by atoms with Crippen LogP contribution < -0.4 is 5.32 Å². The minimum atomic E-state index is 0.581. The molecule has 0 rings (SSSR count). The molecule has 20 heavy (non-hydrogen) atoms. The normalized spacial score (nSPS) is 13.6. The highest BCUT2D eigenvalue weighted by Crippen LogP contribution is 1.98. The topological polar surface area (TPSA) is 36.8 Å². The Morgan fingerprint density at radius 3 is 1.70 bits per heavy atom. The van der Waals surface area contributed by atoms with Crippen molar-refractivity contribution in [1.82, 2.24) is 5.32 Å². The van der Waals surface area contributed by atoms with Gasteiger partial charge < -0.3 is 5.32 Å². The molecule has 3 heteroatoms. The largest absolute Gasteiger partial charge is 0.317 e. The molecule has 3 nitrogen and oxygen atoms in total. The van der Waals surface area contributed by atoms with E-state index in [-0.39, 0.29) is 0 Å². The van der Waals surface area contributed by atoms with Crippen molar-refractivity contribution in [3.05, 3.63) is 0 Å².